The maximum atomic E-state index is 13.5. The number of carbonyl (C=O) groups is 2. The summed E-state index contributed by atoms with van der Waals surface area (Å²) in [7, 11) is -3.62. The predicted molar refractivity (Wildman–Crippen MR) is 157 cm³/mol. The molecule has 0 radical (unpaired) electrons. The van der Waals surface area contributed by atoms with E-state index in [4.69, 9.17) is 34.8 Å². The minimum absolute atomic E-state index is 0.0426. The molecule has 2 amide bonds. The normalized spacial score (nSPS) is 12.3. The molecule has 38 heavy (non-hydrogen) atoms. The van der Waals surface area contributed by atoms with Gasteiger partial charge in [0.15, 0.2) is 0 Å². The number of anilines is 1. The molecular weight excluding hydrogens is 569 g/mol. The number of amides is 2. The summed E-state index contributed by atoms with van der Waals surface area (Å²) in [6.07, 6.45) is 1.83. The van der Waals surface area contributed by atoms with Gasteiger partial charge in [-0.15, -0.1) is 0 Å². The molecule has 2 aromatic carbocycles. The third-order valence-corrected chi connectivity index (χ3v) is 8.15. The van der Waals surface area contributed by atoms with Crippen LogP contribution in [0.25, 0.3) is 0 Å². The number of aryl methyl sites for hydroxylation is 1. The zero-order valence-electron chi connectivity index (χ0n) is 22.4. The van der Waals surface area contributed by atoms with Gasteiger partial charge in [-0.25, -0.2) is 8.42 Å². The van der Waals surface area contributed by atoms with Gasteiger partial charge in [0, 0.05) is 31.1 Å². The number of nitrogens with zero attached hydrogens (tertiary/aromatic N) is 2. The van der Waals surface area contributed by atoms with Crippen molar-refractivity contribution in [3.05, 3.63) is 62.6 Å². The van der Waals surface area contributed by atoms with Crippen LogP contribution in [0.1, 0.15) is 51.2 Å². The second-order valence-electron chi connectivity index (χ2n) is 9.70. The van der Waals surface area contributed by atoms with Gasteiger partial charge < -0.3 is 10.2 Å². The minimum atomic E-state index is -3.62. The van der Waals surface area contributed by atoms with E-state index in [9.17, 15) is 18.0 Å². The predicted octanol–water partition coefficient (Wildman–Crippen LogP) is 6.08. The highest BCUT2D eigenvalue weighted by Gasteiger charge is 2.29. The molecule has 0 aliphatic carbocycles. The van der Waals surface area contributed by atoms with Gasteiger partial charge in [0.25, 0.3) is 0 Å². The first kappa shape index (κ1) is 32.2. The fourth-order valence-electron chi connectivity index (χ4n) is 4.01. The van der Waals surface area contributed by atoms with E-state index < -0.39 is 16.1 Å². The summed E-state index contributed by atoms with van der Waals surface area (Å²) in [5, 5.41) is 4.09. The van der Waals surface area contributed by atoms with Crippen LogP contribution in [0.5, 0.6) is 0 Å². The number of hydrogen-bond donors (Lipinski definition) is 1. The molecule has 11 heteroatoms. The summed E-state index contributed by atoms with van der Waals surface area (Å²) >= 11 is 18.4. The fourth-order valence-corrected chi connectivity index (χ4v) is 5.51. The third kappa shape index (κ3) is 9.33. The van der Waals surface area contributed by atoms with Crippen molar-refractivity contribution in [1.82, 2.24) is 10.2 Å². The van der Waals surface area contributed by atoms with Crippen molar-refractivity contribution < 1.29 is 18.0 Å². The molecule has 0 bridgehead atoms. The third-order valence-electron chi connectivity index (χ3n) is 6.00. The molecule has 7 nitrogen and oxygen atoms in total. The smallest absolute Gasteiger partial charge is 0.242 e. The largest absolute Gasteiger partial charge is 0.354 e. The average molecular weight is 605 g/mol. The van der Waals surface area contributed by atoms with Crippen LogP contribution in [0.3, 0.4) is 0 Å². The van der Waals surface area contributed by atoms with Gasteiger partial charge in [-0.3, -0.25) is 13.9 Å². The molecule has 1 atom stereocenters. The summed E-state index contributed by atoms with van der Waals surface area (Å²) in [4.78, 5) is 28.1. The quantitative estimate of drug-likeness (QED) is 0.300. The van der Waals surface area contributed by atoms with Crippen molar-refractivity contribution in [1.29, 1.82) is 0 Å². The van der Waals surface area contributed by atoms with E-state index in [2.05, 4.69) is 5.32 Å². The lowest BCUT2D eigenvalue weighted by atomic mass is 10.1. The monoisotopic (exact) mass is 603 g/mol. The Bertz CT molecular complexity index is 1240. The molecule has 0 aliphatic heterocycles. The first-order chi connectivity index (χ1) is 17.7. The van der Waals surface area contributed by atoms with Crippen molar-refractivity contribution in [3.8, 4) is 0 Å². The molecular formula is C27H36Cl3N3O4S. The Morgan fingerprint density at radius 1 is 1.03 bits per heavy atom. The van der Waals surface area contributed by atoms with Crippen LogP contribution in [0, 0.1) is 12.8 Å². The van der Waals surface area contributed by atoms with Gasteiger partial charge >= 0.3 is 0 Å². The van der Waals surface area contributed by atoms with E-state index in [1.165, 1.54) is 9.21 Å². The van der Waals surface area contributed by atoms with Gasteiger partial charge in [-0.1, -0.05) is 67.7 Å². The van der Waals surface area contributed by atoms with E-state index >= 15 is 0 Å². The van der Waals surface area contributed by atoms with Gasteiger partial charge in [0.2, 0.25) is 21.8 Å². The van der Waals surface area contributed by atoms with Crippen LogP contribution in [-0.4, -0.2) is 50.5 Å². The fraction of sp³-hybridized carbons (Fsp3) is 0.481. The lowest BCUT2D eigenvalue weighted by Crippen LogP contribution is -2.49. The number of sulfonamides is 1. The summed E-state index contributed by atoms with van der Waals surface area (Å²) in [5.41, 5.74) is 1.95. The number of hydrogen-bond acceptors (Lipinski definition) is 4. The van der Waals surface area contributed by atoms with Crippen LogP contribution >= 0.6 is 34.8 Å². The second kappa shape index (κ2) is 14.4. The highest BCUT2D eigenvalue weighted by Crippen LogP contribution is 2.27. The second-order valence-corrected chi connectivity index (χ2v) is 12.9. The number of nitrogens with one attached hydrogen (secondary N) is 1. The number of benzene rings is 2. The van der Waals surface area contributed by atoms with Crippen molar-refractivity contribution in [2.75, 3.05) is 23.7 Å². The Morgan fingerprint density at radius 2 is 1.71 bits per heavy atom. The highest BCUT2D eigenvalue weighted by molar-refractivity contribution is 7.92. The van der Waals surface area contributed by atoms with Crippen molar-refractivity contribution in [3.63, 3.8) is 0 Å². The molecule has 2 aromatic rings. The summed E-state index contributed by atoms with van der Waals surface area (Å²) in [5.74, 6) is -0.242. The van der Waals surface area contributed by atoms with Gasteiger partial charge in [0.05, 0.1) is 22.0 Å². The maximum absolute atomic E-state index is 13.5. The zero-order chi connectivity index (χ0) is 28.6. The van der Waals surface area contributed by atoms with Gasteiger partial charge in [0.1, 0.15) is 6.04 Å². The molecule has 1 N–H and O–H groups in total. The number of carbonyl (C=O) groups excluding carboxylic acids is 2. The SMILES string of the molecule is CC[C@@H](C(=O)NCC(C)C)N(Cc1ccc(Cl)c(Cl)c1)C(=O)CCCN(c1cc(Cl)ccc1C)S(C)(=O)=O. The molecule has 0 heterocycles. The van der Waals surface area contributed by atoms with Crippen LogP contribution in [-0.2, 0) is 26.2 Å². The Balaban J connectivity index is 2.27. The van der Waals surface area contributed by atoms with Gasteiger partial charge in [-0.05, 0) is 61.1 Å². The minimum Gasteiger partial charge on any atom is -0.354 e. The van der Waals surface area contributed by atoms with E-state index in [1.54, 1.807) is 43.3 Å². The van der Waals surface area contributed by atoms with Crippen molar-refractivity contribution in [2.24, 2.45) is 5.92 Å². The maximum Gasteiger partial charge on any atom is 0.242 e. The standard InChI is InChI=1S/C27H36Cl3N3O4S/c1-6-24(27(35)31-16-18(2)3)32(17-20-10-12-22(29)23(30)14-20)26(34)8-7-13-33(38(5,36)37)25-15-21(28)11-9-19(25)4/h9-12,14-15,18,24H,6-8,13,16-17H2,1-5H3,(H,31,35)/t24-/m0/s1. The first-order valence-corrected chi connectivity index (χ1v) is 15.5. The molecule has 0 aliphatic rings. The highest BCUT2D eigenvalue weighted by atomic mass is 35.5. The number of rotatable bonds is 13. The van der Waals surface area contributed by atoms with E-state index in [1.807, 2.05) is 20.8 Å². The lowest BCUT2D eigenvalue weighted by molar-refractivity contribution is -0.141. The molecule has 0 saturated carbocycles. The molecule has 210 valence electrons. The van der Waals surface area contributed by atoms with Crippen molar-refractivity contribution in [2.45, 2.75) is 59.5 Å². The van der Waals surface area contributed by atoms with Gasteiger partial charge in [-0.2, -0.15) is 0 Å². The van der Waals surface area contributed by atoms with Crippen LogP contribution < -0.4 is 9.62 Å². The van der Waals surface area contributed by atoms with E-state index in [0.717, 1.165) is 17.4 Å². The lowest BCUT2D eigenvalue weighted by Gasteiger charge is -2.31. The summed E-state index contributed by atoms with van der Waals surface area (Å²) < 4.78 is 26.4. The molecule has 0 aromatic heterocycles. The Morgan fingerprint density at radius 3 is 2.29 bits per heavy atom. The molecule has 0 saturated heterocycles. The Kier molecular flexibility index (Phi) is 12.2. The Labute approximate surface area is 241 Å². The average Bonchev–Trinajstić information content (AvgIpc) is 2.83. The molecule has 0 fully saturated rings. The van der Waals surface area contributed by atoms with E-state index in [0.29, 0.717) is 33.7 Å². The van der Waals surface area contributed by atoms with E-state index in [-0.39, 0.29) is 43.7 Å². The summed E-state index contributed by atoms with van der Waals surface area (Å²) in [6, 6.07) is 9.44. The first-order valence-electron chi connectivity index (χ1n) is 12.5. The van der Waals surface area contributed by atoms with Crippen molar-refractivity contribution >= 4 is 62.3 Å². The molecule has 0 unspecified atom stereocenters. The molecule has 0 spiro atoms. The van der Waals surface area contributed by atoms with Crippen LogP contribution in [0.15, 0.2) is 36.4 Å². The zero-order valence-corrected chi connectivity index (χ0v) is 25.5. The van der Waals surface area contributed by atoms with Crippen LogP contribution in [0.2, 0.25) is 15.1 Å². The molecule has 2 rings (SSSR count). The number of halogens is 3. The summed E-state index contributed by atoms with van der Waals surface area (Å²) in [6.45, 7) is 8.38. The Hall–Kier alpha value is -2.00. The topological polar surface area (TPSA) is 86.8 Å². The van der Waals surface area contributed by atoms with Crippen LogP contribution in [0.4, 0.5) is 5.69 Å².